The molecule has 0 aliphatic rings. The van der Waals surface area contributed by atoms with Crippen molar-refractivity contribution in [3.8, 4) is 0 Å². The van der Waals surface area contributed by atoms with Gasteiger partial charge < -0.3 is 14.2 Å². The third-order valence-electron chi connectivity index (χ3n) is 11.2. The summed E-state index contributed by atoms with van der Waals surface area (Å²) in [5, 5.41) is 0. The number of ether oxygens (including phenoxy) is 3. The molecule has 6 nitrogen and oxygen atoms in total. The van der Waals surface area contributed by atoms with E-state index in [0.717, 1.165) is 77.0 Å². The molecule has 0 saturated carbocycles. The molecule has 1 unspecified atom stereocenters. The highest BCUT2D eigenvalue weighted by Gasteiger charge is 2.19. The molecule has 0 amide bonds. The van der Waals surface area contributed by atoms with Crippen LogP contribution in [-0.2, 0) is 28.6 Å². The Hall–Kier alpha value is -3.41. The van der Waals surface area contributed by atoms with Crippen LogP contribution in [0.3, 0.4) is 0 Å². The number of carbonyl (C=O) groups excluding carboxylic acids is 3. The van der Waals surface area contributed by atoms with Crippen LogP contribution in [0.2, 0.25) is 0 Å². The highest BCUT2D eigenvalue weighted by molar-refractivity contribution is 5.72. The van der Waals surface area contributed by atoms with Crippen molar-refractivity contribution in [1.82, 2.24) is 0 Å². The van der Waals surface area contributed by atoms with E-state index in [0.29, 0.717) is 12.8 Å². The summed E-state index contributed by atoms with van der Waals surface area (Å²) in [6.07, 6.45) is 67.4. The molecule has 0 aliphatic carbocycles. The largest absolute Gasteiger partial charge is 0.462 e. The molecular formula is C58H98O6. The van der Waals surface area contributed by atoms with Gasteiger partial charge in [0.25, 0.3) is 0 Å². The molecule has 0 aromatic rings. The van der Waals surface area contributed by atoms with Gasteiger partial charge in [-0.2, -0.15) is 0 Å². The SMILES string of the molecule is CC/C=C\C/C=C\C/C=C\C/C=C\C/C=C\CC(=O)OC(COC(=O)CCCCCCCCCCCC)COC(=O)CCCCCCCCCCC/C=C\C/C=C\CCCCCCC. The van der Waals surface area contributed by atoms with Gasteiger partial charge in [-0.05, 0) is 77.0 Å². The molecule has 64 heavy (non-hydrogen) atoms. The van der Waals surface area contributed by atoms with Gasteiger partial charge in [-0.1, -0.05) is 234 Å². The third kappa shape index (κ3) is 49.6. The molecular weight excluding hydrogens is 793 g/mol. The van der Waals surface area contributed by atoms with Crippen LogP contribution < -0.4 is 0 Å². The van der Waals surface area contributed by atoms with Gasteiger partial charge in [-0.25, -0.2) is 0 Å². The first-order valence-electron chi connectivity index (χ1n) is 26.6. The molecule has 0 rings (SSSR count). The van der Waals surface area contributed by atoms with E-state index >= 15 is 0 Å². The fourth-order valence-corrected chi connectivity index (χ4v) is 7.19. The van der Waals surface area contributed by atoms with Crippen LogP contribution in [0.25, 0.3) is 0 Å². The minimum Gasteiger partial charge on any atom is -0.462 e. The lowest BCUT2D eigenvalue weighted by molar-refractivity contribution is -0.166. The van der Waals surface area contributed by atoms with Crippen molar-refractivity contribution in [2.75, 3.05) is 13.2 Å². The number of esters is 3. The van der Waals surface area contributed by atoms with Crippen molar-refractivity contribution in [2.45, 2.75) is 252 Å². The van der Waals surface area contributed by atoms with Crippen LogP contribution in [0.15, 0.2) is 85.1 Å². The van der Waals surface area contributed by atoms with Gasteiger partial charge in [0, 0.05) is 12.8 Å². The first-order valence-corrected chi connectivity index (χ1v) is 26.6. The molecule has 0 spiro atoms. The van der Waals surface area contributed by atoms with Gasteiger partial charge in [0.15, 0.2) is 6.10 Å². The first-order chi connectivity index (χ1) is 31.5. The van der Waals surface area contributed by atoms with E-state index in [9.17, 15) is 14.4 Å². The molecule has 0 saturated heterocycles. The Balaban J connectivity index is 4.41. The van der Waals surface area contributed by atoms with E-state index in [-0.39, 0.29) is 31.6 Å². The molecule has 366 valence electrons. The Morgan fingerprint density at radius 3 is 1.03 bits per heavy atom. The summed E-state index contributed by atoms with van der Waals surface area (Å²) >= 11 is 0. The van der Waals surface area contributed by atoms with Gasteiger partial charge in [0.2, 0.25) is 0 Å². The van der Waals surface area contributed by atoms with Crippen molar-refractivity contribution in [3.63, 3.8) is 0 Å². The van der Waals surface area contributed by atoms with Crippen LogP contribution >= 0.6 is 0 Å². The summed E-state index contributed by atoms with van der Waals surface area (Å²) in [5.74, 6) is -1.05. The van der Waals surface area contributed by atoms with Gasteiger partial charge in [0.1, 0.15) is 13.2 Å². The normalized spacial score (nSPS) is 12.7. The van der Waals surface area contributed by atoms with E-state index in [1.165, 1.54) is 128 Å². The predicted octanol–water partition coefficient (Wildman–Crippen LogP) is 17.6. The van der Waals surface area contributed by atoms with Crippen molar-refractivity contribution in [3.05, 3.63) is 85.1 Å². The molecule has 0 fully saturated rings. The Bertz CT molecular complexity index is 1250. The minimum atomic E-state index is -0.830. The smallest absolute Gasteiger partial charge is 0.310 e. The van der Waals surface area contributed by atoms with Crippen molar-refractivity contribution in [1.29, 1.82) is 0 Å². The Morgan fingerprint density at radius 2 is 0.656 bits per heavy atom. The minimum absolute atomic E-state index is 0.0965. The van der Waals surface area contributed by atoms with Crippen LogP contribution in [-0.4, -0.2) is 37.2 Å². The molecule has 0 aliphatic heterocycles. The highest BCUT2D eigenvalue weighted by Crippen LogP contribution is 2.14. The maximum Gasteiger partial charge on any atom is 0.310 e. The lowest BCUT2D eigenvalue weighted by Gasteiger charge is -2.18. The standard InChI is InChI=1S/C58H98O6/c1-4-7-10-13-16-19-22-24-26-27-28-29-30-31-33-34-36-39-42-45-48-51-57(60)63-54-55(53-62-56(59)50-47-44-41-38-21-18-15-12-9-6-3)64-58(61)52-49-46-43-40-37-35-32-25-23-20-17-14-11-8-5-2/h8,11,17,20,22,24-25,27-28,32,37,40,46,49,55H,4-7,9-10,12-16,18-19,21,23,26,29-31,33-36,38-39,41-45,47-48,50-54H2,1-3H3/b11-8-,20-17-,24-22-,28-27-,32-25-,40-37-,49-46-. The van der Waals surface area contributed by atoms with E-state index in [2.05, 4.69) is 93.7 Å². The summed E-state index contributed by atoms with van der Waals surface area (Å²) in [6.45, 7) is 6.41. The van der Waals surface area contributed by atoms with E-state index in [4.69, 9.17) is 14.2 Å². The number of hydrogen-bond acceptors (Lipinski definition) is 6. The highest BCUT2D eigenvalue weighted by atomic mass is 16.6. The van der Waals surface area contributed by atoms with E-state index in [1.807, 2.05) is 6.08 Å². The zero-order valence-corrected chi connectivity index (χ0v) is 41.8. The summed E-state index contributed by atoms with van der Waals surface area (Å²) in [5.41, 5.74) is 0. The van der Waals surface area contributed by atoms with Crippen LogP contribution in [0.5, 0.6) is 0 Å². The number of rotatable bonds is 47. The zero-order chi connectivity index (χ0) is 46.5. The third-order valence-corrected chi connectivity index (χ3v) is 11.2. The molecule has 0 bridgehead atoms. The lowest BCUT2D eigenvalue weighted by atomic mass is 10.1. The zero-order valence-electron chi connectivity index (χ0n) is 41.8. The van der Waals surface area contributed by atoms with Crippen LogP contribution in [0.1, 0.15) is 245 Å². The summed E-state index contributed by atoms with van der Waals surface area (Å²) in [7, 11) is 0. The average molecular weight is 891 g/mol. The topological polar surface area (TPSA) is 78.9 Å². The van der Waals surface area contributed by atoms with Crippen molar-refractivity contribution in [2.24, 2.45) is 0 Å². The molecule has 0 radical (unpaired) electrons. The van der Waals surface area contributed by atoms with Gasteiger partial charge in [-0.15, -0.1) is 0 Å². The Morgan fingerprint density at radius 1 is 0.344 bits per heavy atom. The Labute approximate surface area is 395 Å². The Kier molecular flexibility index (Phi) is 49.4. The number of hydrogen-bond donors (Lipinski definition) is 0. The molecule has 0 N–H and O–H groups in total. The quantitative estimate of drug-likeness (QED) is 0.0262. The van der Waals surface area contributed by atoms with Crippen molar-refractivity contribution < 1.29 is 28.6 Å². The van der Waals surface area contributed by atoms with Crippen LogP contribution in [0.4, 0.5) is 0 Å². The lowest BCUT2D eigenvalue weighted by Crippen LogP contribution is -2.30. The van der Waals surface area contributed by atoms with Crippen LogP contribution in [0, 0.1) is 0 Å². The first kappa shape index (κ1) is 60.6. The monoisotopic (exact) mass is 891 g/mol. The summed E-state index contributed by atoms with van der Waals surface area (Å²) in [6, 6.07) is 0. The van der Waals surface area contributed by atoms with E-state index < -0.39 is 12.1 Å². The second kappa shape index (κ2) is 52.2. The second-order valence-corrected chi connectivity index (χ2v) is 17.4. The predicted molar refractivity (Wildman–Crippen MR) is 274 cm³/mol. The average Bonchev–Trinajstić information content (AvgIpc) is 3.29. The maximum atomic E-state index is 12.7. The molecule has 0 aromatic carbocycles. The maximum absolute atomic E-state index is 12.7. The summed E-state index contributed by atoms with van der Waals surface area (Å²) < 4.78 is 16.7. The number of unbranched alkanes of at least 4 members (excludes halogenated alkanes) is 23. The van der Waals surface area contributed by atoms with Gasteiger partial charge >= 0.3 is 17.9 Å². The van der Waals surface area contributed by atoms with Crippen molar-refractivity contribution >= 4 is 17.9 Å². The van der Waals surface area contributed by atoms with Gasteiger partial charge in [0.05, 0.1) is 6.42 Å². The molecule has 0 heterocycles. The molecule has 6 heteroatoms. The molecule has 0 aromatic heterocycles. The van der Waals surface area contributed by atoms with E-state index in [1.54, 1.807) is 6.08 Å². The molecule has 1 atom stereocenters. The van der Waals surface area contributed by atoms with Gasteiger partial charge in [-0.3, -0.25) is 14.4 Å². The fourth-order valence-electron chi connectivity index (χ4n) is 7.19. The fraction of sp³-hybridized carbons (Fsp3) is 0.707. The second-order valence-electron chi connectivity index (χ2n) is 17.4. The summed E-state index contributed by atoms with van der Waals surface area (Å²) in [4.78, 5) is 37.9. The number of allylic oxidation sites excluding steroid dienone is 13. The number of carbonyl (C=O) groups is 3.